The van der Waals surface area contributed by atoms with Gasteiger partial charge in [-0.25, -0.2) is 4.68 Å². The lowest BCUT2D eigenvalue weighted by Gasteiger charge is -2.07. The van der Waals surface area contributed by atoms with Gasteiger partial charge in [0.05, 0.1) is 23.5 Å². The van der Waals surface area contributed by atoms with Crippen molar-refractivity contribution in [2.24, 2.45) is 0 Å². The summed E-state index contributed by atoms with van der Waals surface area (Å²) < 4.78 is 11.7. The monoisotopic (exact) mass is 270 g/mol. The molecular formula is C10H11N2O5P. The zero-order valence-corrected chi connectivity index (χ0v) is 10.1. The quantitative estimate of drug-likeness (QED) is 0.672. The third kappa shape index (κ3) is 2.59. The summed E-state index contributed by atoms with van der Waals surface area (Å²) in [6.07, 6.45) is -0.499. The fourth-order valence-corrected chi connectivity index (χ4v) is 2.09. The van der Waals surface area contributed by atoms with Gasteiger partial charge in [-0.05, 0) is 12.1 Å². The van der Waals surface area contributed by atoms with Gasteiger partial charge in [0.1, 0.15) is 0 Å². The highest BCUT2D eigenvalue weighted by Crippen LogP contribution is 2.33. The van der Waals surface area contributed by atoms with E-state index in [0.717, 1.165) is 4.68 Å². The van der Waals surface area contributed by atoms with Gasteiger partial charge in [0, 0.05) is 0 Å². The van der Waals surface area contributed by atoms with Gasteiger partial charge >= 0.3 is 7.60 Å². The minimum Gasteiger partial charge on any atom is -0.324 e. The van der Waals surface area contributed by atoms with Crippen LogP contribution >= 0.6 is 7.60 Å². The lowest BCUT2D eigenvalue weighted by molar-refractivity contribution is 0.368. The zero-order chi connectivity index (χ0) is 13.3. The highest BCUT2D eigenvalue weighted by atomic mass is 31.2. The second-order valence-corrected chi connectivity index (χ2v) is 5.61. The fraction of sp³-hybridized carbons (Fsp3) is 0.200. The Morgan fingerprint density at radius 1 is 1.17 bits per heavy atom. The molecule has 0 spiro atoms. The van der Waals surface area contributed by atoms with Gasteiger partial charge in [-0.2, -0.15) is 0 Å². The number of hydrogen-bond donors (Lipinski definition) is 3. The van der Waals surface area contributed by atoms with E-state index in [1.165, 1.54) is 12.1 Å². The molecule has 0 aliphatic carbocycles. The van der Waals surface area contributed by atoms with E-state index in [9.17, 15) is 14.2 Å². The molecule has 8 heteroatoms. The number of rotatable bonds is 3. The second-order valence-electron chi connectivity index (χ2n) is 3.83. The molecule has 1 aromatic carbocycles. The molecule has 0 radical (unpaired) electrons. The van der Waals surface area contributed by atoms with Crippen LogP contribution in [0.15, 0.2) is 33.9 Å². The number of aromatic nitrogens is 2. The van der Waals surface area contributed by atoms with Crippen LogP contribution in [0.2, 0.25) is 0 Å². The molecule has 0 saturated heterocycles. The summed E-state index contributed by atoms with van der Waals surface area (Å²) >= 11 is 0. The summed E-state index contributed by atoms with van der Waals surface area (Å²) in [5.41, 5.74) is -0.936. The van der Waals surface area contributed by atoms with E-state index in [2.05, 4.69) is 5.10 Å². The third-order valence-electron chi connectivity index (χ3n) is 2.50. The summed E-state index contributed by atoms with van der Waals surface area (Å²) in [6.45, 7) is -0.233. The molecule has 0 aliphatic heterocycles. The van der Waals surface area contributed by atoms with E-state index >= 15 is 0 Å². The van der Waals surface area contributed by atoms with E-state index in [1.54, 1.807) is 12.1 Å². The average molecular weight is 270 g/mol. The first-order valence-corrected chi connectivity index (χ1v) is 6.95. The molecule has 0 amide bonds. The molecule has 7 nitrogen and oxygen atoms in total. The van der Waals surface area contributed by atoms with Crippen molar-refractivity contribution in [1.29, 1.82) is 0 Å². The van der Waals surface area contributed by atoms with Crippen molar-refractivity contribution in [2.75, 3.05) is 6.16 Å². The predicted octanol–water partition coefficient (Wildman–Crippen LogP) is -0.133. The third-order valence-corrected chi connectivity index (χ3v) is 3.28. The number of aryl methyl sites for hydroxylation is 1. The van der Waals surface area contributed by atoms with Crippen molar-refractivity contribution in [3.63, 3.8) is 0 Å². The Kier molecular flexibility index (Phi) is 3.21. The van der Waals surface area contributed by atoms with Crippen molar-refractivity contribution in [3.05, 3.63) is 45.0 Å². The van der Waals surface area contributed by atoms with Crippen LogP contribution in [0.5, 0.6) is 0 Å². The van der Waals surface area contributed by atoms with E-state index in [0.29, 0.717) is 0 Å². The summed E-state index contributed by atoms with van der Waals surface area (Å²) in [5.74, 6) is 0. The van der Waals surface area contributed by atoms with Crippen LogP contribution in [-0.2, 0) is 11.1 Å². The van der Waals surface area contributed by atoms with Crippen molar-refractivity contribution in [2.45, 2.75) is 6.54 Å². The molecule has 2 rings (SSSR count). The average Bonchev–Trinajstić information content (AvgIpc) is 2.31. The Morgan fingerprint density at radius 3 is 2.39 bits per heavy atom. The van der Waals surface area contributed by atoms with Gasteiger partial charge in [-0.15, -0.1) is 0 Å². The van der Waals surface area contributed by atoms with E-state index in [4.69, 9.17) is 9.79 Å². The maximum atomic E-state index is 11.9. The molecule has 1 aromatic heterocycles. The van der Waals surface area contributed by atoms with Gasteiger partial charge in [-0.1, -0.05) is 12.1 Å². The van der Waals surface area contributed by atoms with Gasteiger partial charge in [0.15, 0.2) is 0 Å². The second kappa shape index (κ2) is 4.53. The zero-order valence-electron chi connectivity index (χ0n) is 9.24. The van der Waals surface area contributed by atoms with Gasteiger partial charge in [0.25, 0.3) is 11.1 Å². The highest BCUT2D eigenvalue weighted by Gasteiger charge is 2.14. The molecule has 18 heavy (non-hydrogen) atoms. The molecule has 1 heterocycles. The number of nitrogens with zero attached hydrogens (tertiary/aromatic N) is 1. The molecule has 96 valence electrons. The van der Waals surface area contributed by atoms with Gasteiger partial charge in [0.2, 0.25) is 0 Å². The van der Waals surface area contributed by atoms with Crippen LogP contribution in [0.4, 0.5) is 0 Å². The molecule has 0 fully saturated rings. The van der Waals surface area contributed by atoms with Crippen LogP contribution in [0.25, 0.3) is 10.8 Å². The van der Waals surface area contributed by atoms with Crippen LogP contribution in [-0.4, -0.2) is 25.7 Å². The molecule has 3 N–H and O–H groups in total. The van der Waals surface area contributed by atoms with Gasteiger partial charge in [-0.3, -0.25) is 19.3 Å². The van der Waals surface area contributed by atoms with Crippen LogP contribution in [0.3, 0.4) is 0 Å². The Labute approximate surface area is 101 Å². The Balaban J connectivity index is 2.54. The largest absolute Gasteiger partial charge is 0.327 e. The Hall–Kier alpha value is -1.69. The maximum absolute atomic E-state index is 11.9. The molecular weight excluding hydrogens is 259 g/mol. The molecule has 2 aromatic rings. The molecule has 0 atom stereocenters. The fourth-order valence-electron chi connectivity index (χ4n) is 1.63. The Bertz CT molecular complexity index is 742. The molecule has 0 saturated carbocycles. The number of nitrogens with one attached hydrogen (secondary N) is 1. The predicted molar refractivity (Wildman–Crippen MR) is 65.7 cm³/mol. The van der Waals surface area contributed by atoms with Crippen molar-refractivity contribution in [3.8, 4) is 0 Å². The van der Waals surface area contributed by atoms with Gasteiger partial charge < -0.3 is 9.79 Å². The topological polar surface area (TPSA) is 112 Å². The Morgan fingerprint density at radius 2 is 1.78 bits per heavy atom. The number of hydrogen-bond acceptors (Lipinski definition) is 3. The van der Waals surface area contributed by atoms with E-state index in [-0.39, 0.29) is 17.3 Å². The smallest absolute Gasteiger partial charge is 0.324 e. The maximum Gasteiger partial charge on any atom is 0.327 e. The number of H-pyrrole nitrogens is 1. The number of aromatic amines is 1. The summed E-state index contributed by atoms with van der Waals surface area (Å²) in [7, 11) is -4.21. The lowest BCUT2D eigenvalue weighted by Crippen LogP contribution is -2.30. The van der Waals surface area contributed by atoms with E-state index < -0.39 is 24.9 Å². The molecule has 0 bridgehead atoms. The summed E-state index contributed by atoms with van der Waals surface area (Å²) in [4.78, 5) is 41.1. The van der Waals surface area contributed by atoms with Crippen molar-refractivity contribution in [1.82, 2.24) is 9.78 Å². The lowest BCUT2D eigenvalue weighted by atomic mass is 10.2. The van der Waals surface area contributed by atoms with Crippen molar-refractivity contribution < 1.29 is 14.4 Å². The van der Waals surface area contributed by atoms with Crippen molar-refractivity contribution >= 4 is 18.4 Å². The first kappa shape index (κ1) is 12.8. The summed E-state index contributed by atoms with van der Waals surface area (Å²) in [6, 6.07) is 6.28. The number of fused-ring (bicyclic) bond motifs is 1. The SMILES string of the molecule is O=c1[nH]n(CCP(=O)(O)O)c(=O)c2ccccc12. The summed E-state index contributed by atoms with van der Waals surface area (Å²) in [5, 5.41) is 2.78. The highest BCUT2D eigenvalue weighted by molar-refractivity contribution is 7.51. The van der Waals surface area contributed by atoms with E-state index in [1.807, 2.05) is 0 Å². The first-order chi connectivity index (χ1) is 8.38. The molecule has 0 aliphatic rings. The molecule has 0 unspecified atom stereocenters. The number of benzene rings is 1. The van der Waals surface area contributed by atoms with Crippen LogP contribution in [0, 0.1) is 0 Å². The standard InChI is InChI=1S/C10H11N2O5P/c13-9-7-3-1-2-4-8(7)10(14)12(11-9)5-6-18(15,16)17/h1-4H,5-6H2,(H,11,13)(H2,15,16,17). The minimum atomic E-state index is -4.21. The minimum absolute atomic E-state index is 0.229. The normalized spacial score (nSPS) is 11.9. The first-order valence-electron chi connectivity index (χ1n) is 5.15. The van der Waals surface area contributed by atoms with Crippen LogP contribution in [0.1, 0.15) is 0 Å². The van der Waals surface area contributed by atoms with Crippen LogP contribution < -0.4 is 11.1 Å².